The van der Waals surface area contributed by atoms with E-state index >= 15 is 0 Å². The van der Waals surface area contributed by atoms with E-state index in [1.807, 2.05) is 35.2 Å². The Morgan fingerprint density at radius 1 is 0.400 bits per heavy atom. The van der Waals surface area contributed by atoms with Gasteiger partial charge in [0.1, 0.15) is 50.7 Å². The fourth-order valence-electron chi connectivity index (χ4n) is 9.77. The lowest BCUT2D eigenvalue weighted by Gasteiger charge is -2.44. The number of hydrogen-bond acceptors (Lipinski definition) is 21. The first-order valence-corrected chi connectivity index (χ1v) is 28.2. The van der Waals surface area contributed by atoms with Crippen LogP contribution in [-0.4, -0.2) is 223 Å². The number of amides is 2. The number of nitrogens with zero attached hydrogens (tertiary/aromatic N) is 5. The summed E-state index contributed by atoms with van der Waals surface area (Å²) in [7, 11) is 0. The number of aliphatic hydroxyl groups is 2. The SMILES string of the molecule is CCC(CC)(CC)N(CO)CCN(CCN(CCN(CCC(=O)NC(COC(C)=O)(COC(C)=O)COC(C)=O)CCC(=O)NC(COC(C)=O)(COC(C)=O)COC(C)=O)Cc1ccccc1)CCN(CO)C(CC)(CC)CC. The van der Waals surface area contributed by atoms with Crippen LogP contribution in [0.5, 0.6) is 0 Å². The fraction of sp³-hybridized carbons (Fsp3) is 0.754. The standard InChI is InChI=1S/C57H99N7O16/c1-13-56(14-2,15-3)63(43-65)34-32-61(33-35-64(44-66)57(16-4,17-5)18-6)29-31-62(36-51-22-20-19-21-23-51)30-28-60(26-24-52(73)58-54(37-75-45(7)67,38-76-46(8)68)39-77-47(9)69)27-25-53(74)59-55(40-78-48(10)70,41-79-49(11)71)42-80-50(12)72/h19-23,65-66H,13-18,24-44H2,1-12H3,(H,58,73)(H,59,74). The molecule has 23 heteroatoms. The molecule has 0 aliphatic carbocycles. The van der Waals surface area contributed by atoms with E-state index in [0.29, 0.717) is 58.9 Å². The molecule has 458 valence electrons. The van der Waals surface area contributed by atoms with Gasteiger partial charge in [0.15, 0.2) is 0 Å². The van der Waals surface area contributed by atoms with Crippen molar-refractivity contribution in [3.63, 3.8) is 0 Å². The van der Waals surface area contributed by atoms with Gasteiger partial charge in [-0.15, -0.1) is 0 Å². The molecule has 0 saturated carbocycles. The lowest BCUT2D eigenvalue weighted by atomic mass is 9.88. The Kier molecular flexibility index (Phi) is 34.9. The van der Waals surface area contributed by atoms with Crippen molar-refractivity contribution in [3.8, 4) is 0 Å². The van der Waals surface area contributed by atoms with Gasteiger partial charge in [-0.3, -0.25) is 58.0 Å². The van der Waals surface area contributed by atoms with Gasteiger partial charge in [0, 0.05) is 137 Å². The molecule has 1 rings (SSSR count). The molecule has 0 radical (unpaired) electrons. The second-order valence-corrected chi connectivity index (χ2v) is 20.7. The van der Waals surface area contributed by atoms with Crippen LogP contribution in [0.25, 0.3) is 0 Å². The minimum atomic E-state index is -1.66. The van der Waals surface area contributed by atoms with Crippen molar-refractivity contribution in [2.45, 2.75) is 163 Å². The molecule has 0 aromatic heterocycles. The zero-order chi connectivity index (χ0) is 60.4. The summed E-state index contributed by atoms with van der Waals surface area (Å²) in [6, 6.07) is 9.95. The summed E-state index contributed by atoms with van der Waals surface area (Å²) in [5.41, 5.74) is -2.60. The molecule has 1 aromatic carbocycles. The van der Waals surface area contributed by atoms with Crippen LogP contribution in [0.15, 0.2) is 30.3 Å². The summed E-state index contributed by atoms with van der Waals surface area (Å²) in [5.74, 6) is -5.36. The number of aliphatic hydroxyl groups excluding tert-OH is 2. The lowest BCUT2D eigenvalue weighted by molar-refractivity contribution is -0.158. The van der Waals surface area contributed by atoms with Crippen LogP contribution >= 0.6 is 0 Å². The molecular weight excluding hydrogens is 1040 g/mol. The van der Waals surface area contributed by atoms with Gasteiger partial charge >= 0.3 is 35.8 Å². The Bertz CT molecular complexity index is 1800. The van der Waals surface area contributed by atoms with Crippen molar-refractivity contribution in [2.24, 2.45) is 0 Å². The van der Waals surface area contributed by atoms with Crippen LogP contribution in [0, 0.1) is 0 Å². The third kappa shape index (κ3) is 27.4. The van der Waals surface area contributed by atoms with E-state index in [9.17, 15) is 48.6 Å². The minimum Gasteiger partial charge on any atom is -0.463 e. The second-order valence-electron chi connectivity index (χ2n) is 20.7. The number of hydrogen-bond donors (Lipinski definition) is 4. The summed E-state index contributed by atoms with van der Waals surface area (Å²) in [6.45, 7) is 21.9. The van der Waals surface area contributed by atoms with Crippen LogP contribution in [0.4, 0.5) is 0 Å². The van der Waals surface area contributed by atoms with Crippen LogP contribution in [0.2, 0.25) is 0 Å². The Morgan fingerprint density at radius 2 is 0.662 bits per heavy atom. The normalized spacial score (nSPS) is 12.2. The van der Waals surface area contributed by atoms with Crippen LogP contribution in [0.3, 0.4) is 0 Å². The molecule has 0 fully saturated rings. The third-order valence-corrected chi connectivity index (χ3v) is 15.1. The Labute approximate surface area is 476 Å². The van der Waals surface area contributed by atoms with Crippen molar-refractivity contribution >= 4 is 47.6 Å². The molecular formula is C57H99N7O16. The predicted octanol–water partition coefficient (Wildman–Crippen LogP) is 3.40. The van der Waals surface area contributed by atoms with Crippen molar-refractivity contribution in [1.29, 1.82) is 0 Å². The second kappa shape index (κ2) is 38.4. The van der Waals surface area contributed by atoms with E-state index in [1.165, 1.54) is 0 Å². The summed E-state index contributed by atoms with van der Waals surface area (Å²) in [5, 5.41) is 27.1. The molecule has 0 spiro atoms. The zero-order valence-electron chi connectivity index (χ0n) is 50.3. The molecule has 0 aliphatic rings. The number of carbonyl (C=O) groups excluding carboxylic acids is 8. The van der Waals surface area contributed by atoms with Gasteiger partial charge in [-0.25, -0.2) is 0 Å². The molecule has 0 atom stereocenters. The van der Waals surface area contributed by atoms with Crippen molar-refractivity contribution in [2.75, 3.05) is 119 Å². The van der Waals surface area contributed by atoms with Crippen LogP contribution in [-0.2, 0) is 73.3 Å². The van der Waals surface area contributed by atoms with E-state index < -0.39 is 98.3 Å². The number of nitrogens with one attached hydrogen (secondary N) is 2. The maximum absolute atomic E-state index is 14.0. The summed E-state index contributed by atoms with van der Waals surface area (Å²) in [4.78, 5) is 111. The molecule has 0 bridgehead atoms. The number of esters is 6. The number of carbonyl (C=O) groups is 8. The maximum Gasteiger partial charge on any atom is 0.302 e. The van der Waals surface area contributed by atoms with Crippen LogP contribution in [0.1, 0.15) is 140 Å². The molecule has 0 unspecified atom stereocenters. The Balaban J connectivity index is 3.84. The summed E-state index contributed by atoms with van der Waals surface area (Å²) >= 11 is 0. The van der Waals surface area contributed by atoms with Gasteiger partial charge in [0.25, 0.3) is 0 Å². The van der Waals surface area contributed by atoms with Gasteiger partial charge < -0.3 is 54.2 Å². The zero-order valence-corrected chi connectivity index (χ0v) is 50.3. The number of rotatable bonds is 44. The quantitative estimate of drug-likeness (QED) is 0.0414. The van der Waals surface area contributed by atoms with Crippen molar-refractivity contribution < 1.29 is 77.0 Å². The highest BCUT2D eigenvalue weighted by Crippen LogP contribution is 2.29. The highest BCUT2D eigenvalue weighted by molar-refractivity contribution is 5.78. The van der Waals surface area contributed by atoms with Crippen LogP contribution < -0.4 is 10.6 Å². The topological polar surface area (TPSA) is 273 Å². The first kappa shape index (κ1) is 72.7. The van der Waals surface area contributed by atoms with Gasteiger partial charge in [0.2, 0.25) is 11.8 Å². The maximum atomic E-state index is 14.0. The lowest BCUT2D eigenvalue weighted by Crippen LogP contribution is -2.59. The van der Waals surface area contributed by atoms with Crippen molar-refractivity contribution in [1.82, 2.24) is 35.1 Å². The molecule has 0 saturated heterocycles. The van der Waals surface area contributed by atoms with E-state index in [0.717, 1.165) is 85.6 Å². The van der Waals surface area contributed by atoms with E-state index in [2.05, 4.69) is 71.8 Å². The first-order valence-electron chi connectivity index (χ1n) is 28.2. The predicted molar refractivity (Wildman–Crippen MR) is 300 cm³/mol. The number of benzene rings is 1. The highest BCUT2D eigenvalue weighted by atomic mass is 16.6. The molecule has 1 aromatic rings. The van der Waals surface area contributed by atoms with Gasteiger partial charge in [-0.2, -0.15) is 0 Å². The Hall–Kier alpha value is -5.30. The Morgan fingerprint density at radius 3 is 0.925 bits per heavy atom. The van der Waals surface area contributed by atoms with E-state index in [1.54, 1.807) is 0 Å². The van der Waals surface area contributed by atoms with Gasteiger partial charge in [-0.05, 0) is 44.1 Å². The fourth-order valence-corrected chi connectivity index (χ4v) is 9.77. The van der Waals surface area contributed by atoms with Gasteiger partial charge in [0.05, 0.1) is 13.5 Å². The summed E-state index contributed by atoms with van der Waals surface area (Å²) in [6.07, 6.45) is 4.89. The smallest absolute Gasteiger partial charge is 0.302 e. The highest BCUT2D eigenvalue weighted by Gasteiger charge is 2.39. The number of ether oxygens (including phenoxy) is 6. The average molecular weight is 1140 g/mol. The van der Waals surface area contributed by atoms with E-state index in [-0.39, 0.29) is 50.5 Å². The largest absolute Gasteiger partial charge is 0.463 e. The molecule has 0 aliphatic heterocycles. The van der Waals surface area contributed by atoms with Gasteiger partial charge in [-0.1, -0.05) is 71.9 Å². The third-order valence-electron chi connectivity index (χ3n) is 15.1. The van der Waals surface area contributed by atoms with Crippen molar-refractivity contribution in [3.05, 3.63) is 35.9 Å². The minimum absolute atomic E-state index is 0.0603. The molecule has 0 heterocycles. The van der Waals surface area contributed by atoms with E-state index in [4.69, 9.17) is 28.4 Å². The molecule has 80 heavy (non-hydrogen) atoms. The average Bonchev–Trinajstić information content (AvgIpc) is 3.42. The molecule has 4 N–H and O–H groups in total. The first-order chi connectivity index (χ1) is 37.9. The monoisotopic (exact) mass is 1140 g/mol. The molecule has 23 nitrogen and oxygen atoms in total. The summed E-state index contributed by atoms with van der Waals surface area (Å²) < 4.78 is 31.6. The molecule has 2 amide bonds.